The number of nitrogens with one attached hydrogen (secondary N) is 1. The van der Waals surface area contributed by atoms with Crippen LogP contribution in [0.1, 0.15) is 33.3 Å². The van der Waals surface area contributed by atoms with Gasteiger partial charge in [-0.3, -0.25) is 9.59 Å². The van der Waals surface area contributed by atoms with Crippen LogP contribution in [-0.4, -0.2) is 29.1 Å². The first kappa shape index (κ1) is 17.2. The number of carbonyl (C=O) groups excluding carboxylic acids is 1. The first-order chi connectivity index (χ1) is 9.67. The lowest BCUT2D eigenvalue weighted by atomic mass is 9.74. The minimum atomic E-state index is -1.08. The van der Waals surface area contributed by atoms with E-state index in [9.17, 15) is 14.7 Å². The van der Waals surface area contributed by atoms with Gasteiger partial charge in [-0.05, 0) is 33.3 Å². The minimum absolute atomic E-state index is 0.103. The Morgan fingerprint density at radius 2 is 1.71 bits per heavy atom. The molecule has 2 N–H and O–H groups in total. The second-order valence-electron chi connectivity index (χ2n) is 6.08. The lowest BCUT2D eigenvalue weighted by Crippen LogP contribution is -2.57. The third-order valence-corrected chi connectivity index (χ3v) is 3.89. The van der Waals surface area contributed by atoms with Gasteiger partial charge in [-0.25, -0.2) is 0 Å². The highest BCUT2D eigenvalue weighted by atomic mass is 16.5. The van der Waals surface area contributed by atoms with Crippen molar-refractivity contribution >= 4 is 11.9 Å². The van der Waals surface area contributed by atoms with Gasteiger partial charge in [0, 0.05) is 0 Å². The summed E-state index contributed by atoms with van der Waals surface area (Å²) in [5.74, 6) is -1.29. The van der Waals surface area contributed by atoms with Crippen molar-refractivity contribution in [2.24, 2.45) is 5.41 Å². The summed E-state index contributed by atoms with van der Waals surface area (Å²) in [5.41, 5.74) is -0.982. The number of ether oxygens (including phenoxy) is 1. The maximum atomic E-state index is 11.9. The predicted molar refractivity (Wildman–Crippen MR) is 79.7 cm³/mol. The van der Waals surface area contributed by atoms with Crippen molar-refractivity contribution in [2.45, 2.75) is 39.8 Å². The van der Waals surface area contributed by atoms with Gasteiger partial charge in [0.2, 0.25) is 5.91 Å². The van der Waals surface area contributed by atoms with Crippen molar-refractivity contribution in [3.63, 3.8) is 0 Å². The molecule has 1 rings (SSSR count). The molecule has 1 aromatic rings. The van der Waals surface area contributed by atoms with Crippen LogP contribution in [0.5, 0.6) is 0 Å². The van der Waals surface area contributed by atoms with Crippen molar-refractivity contribution in [1.29, 1.82) is 0 Å². The van der Waals surface area contributed by atoms with Crippen LogP contribution in [0.4, 0.5) is 0 Å². The average Bonchev–Trinajstić information content (AvgIpc) is 2.38. The first-order valence-corrected chi connectivity index (χ1v) is 6.83. The van der Waals surface area contributed by atoms with Crippen molar-refractivity contribution in [2.75, 3.05) is 6.61 Å². The minimum Gasteiger partial charge on any atom is -0.481 e. The summed E-state index contributed by atoms with van der Waals surface area (Å²) in [4.78, 5) is 23.2. The molecule has 1 aromatic carbocycles. The Morgan fingerprint density at radius 3 is 2.24 bits per heavy atom. The zero-order valence-electron chi connectivity index (χ0n) is 13.0. The largest absolute Gasteiger partial charge is 0.481 e. The fraction of sp³-hybridized carbons (Fsp3) is 0.500. The second-order valence-corrected chi connectivity index (χ2v) is 6.08. The summed E-state index contributed by atoms with van der Waals surface area (Å²) in [7, 11) is 0. The van der Waals surface area contributed by atoms with Crippen LogP contribution < -0.4 is 5.32 Å². The zero-order valence-corrected chi connectivity index (χ0v) is 13.0. The molecule has 0 aliphatic rings. The quantitative estimate of drug-likeness (QED) is 0.808. The molecule has 0 aliphatic heterocycles. The van der Waals surface area contributed by atoms with Crippen molar-refractivity contribution < 1.29 is 19.4 Å². The van der Waals surface area contributed by atoms with Gasteiger partial charge in [-0.1, -0.05) is 30.3 Å². The Labute approximate surface area is 125 Å². The van der Waals surface area contributed by atoms with E-state index in [0.29, 0.717) is 6.61 Å². The molecule has 0 aliphatic carbocycles. The lowest BCUT2D eigenvalue weighted by Gasteiger charge is -2.38. The molecule has 1 amide bonds. The molecule has 0 spiro atoms. The van der Waals surface area contributed by atoms with E-state index < -0.39 is 16.9 Å². The monoisotopic (exact) mass is 293 g/mol. The van der Waals surface area contributed by atoms with E-state index in [1.54, 1.807) is 27.7 Å². The summed E-state index contributed by atoms with van der Waals surface area (Å²) < 4.78 is 5.34. The van der Waals surface area contributed by atoms with E-state index >= 15 is 0 Å². The van der Waals surface area contributed by atoms with Crippen LogP contribution in [0.25, 0.3) is 0 Å². The van der Waals surface area contributed by atoms with Gasteiger partial charge in [0.15, 0.2) is 0 Å². The Hall–Kier alpha value is -1.88. The van der Waals surface area contributed by atoms with E-state index in [2.05, 4.69) is 5.32 Å². The number of rotatable bonds is 7. The first-order valence-electron chi connectivity index (χ1n) is 6.83. The molecule has 0 aromatic heterocycles. The molecule has 0 saturated carbocycles. The standard InChI is InChI=1S/C16H23NO4/c1-15(2,14(19)20)16(3,4)17-13(18)11-21-10-12-8-6-5-7-9-12/h5-9H,10-11H2,1-4H3,(H,17,18)(H,19,20). The van der Waals surface area contributed by atoms with Crippen molar-refractivity contribution in [3.05, 3.63) is 35.9 Å². The van der Waals surface area contributed by atoms with Gasteiger partial charge in [0.25, 0.3) is 0 Å². The number of hydrogen-bond acceptors (Lipinski definition) is 3. The molecule has 116 valence electrons. The summed E-state index contributed by atoms with van der Waals surface area (Å²) >= 11 is 0. The van der Waals surface area contributed by atoms with Crippen molar-refractivity contribution in [1.82, 2.24) is 5.32 Å². The Bertz CT molecular complexity index is 494. The molecular weight excluding hydrogens is 270 g/mol. The highest BCUT2D eigenvalue weighted by molar-refractivity contribution is 5.81. The molecule has 5 heteroatoms. The van der Waals surface area contributed by atoms with Gasteiger partial charge >= 0.3 is 5.97 Å². The predicted octanol–water partition coefficient (Wildman–Crippen LogP) is 2.21. The van der Waals surface area contributed by atoms with E-state index in [1.807, 2.05) is 30.3 Å². The summed E-state index contributed by atoms with van der Waals surface area (Å²) in [6.07, 6.45) is 0. The molecular formula is C16H23NO4. The number of aliphatic carboxylic acids is 1. The molecule has 0 heterocycles. The number of hydrogen-bond donors (Lipinski definition) is 2. The number of amides is 1. The van der Waals surface area contributed by atoms with Crippen LogP contribution in [0, 0.1) is 5.41 Å². The Kier molecular flexibility index (Phi) is 5.49. The third-order valence-electron chi connectivity index (χ3n) is 3.89. The molecule has 0 radical (unpaired) electrons. The maximum Gasteiger partial charge on any atom is 0.311 e. The van der Waals surface area contributed by atoms with E-state index in [4.69, 9.17) is 4.74 Å². The van der Waals surface area contributed by atoms with Crippen molar-refractivity contribution in [3.8, 4) is 0 Å². The van der Waals surface area contributed by atoms with Gasteiger partial charge in [0.1, 0.15) is 6.61 Å². The van der Waals surface area contributed by atoms with Gasteiger partial charge < -0.3 is 15.2 Å². The number of carbonyl (C=O) groups is 2. The van der Waals surface area contributed by atoms with E-state index in [-0.39, 0.29) is 12.5 Å². The molecule has 0 fully saturated rings. The number of carboxylic acids is 1. The Balaban J connectivity index is 2.48. The smallest absolute Gasteiger partial charge is 0.311 e. The molecule has 0 atom stereocenters. The maximum absolute atomic E-state index is 11.9. The third kappa shape index (κ3) is 4.56. The average molecular weight is 293 g/mol. The van der Waals surface area contributed by atoms with Crippen LogP contribution in [0.2, 0.25) is 0 Å². The molecule has 5 nitrogen and oxygen atoms in total. The van der Waals surface area contributed by atoms with Gasteiger partial charge in [-0.2, -0.15) is 0 Å². The number of carboxylic acid groups (broad SMARTS) is 1. The molecule has 21 heavy (non-hydrogen) atoms. The van der Waals surface area contributed by atoms with E-state index in [1.165, 1.54) is 0 Å². The Morgan fingerprint density at radius 1 is 1.14 bits per heavy atom. The highest BCUT2D eigenvalue weighted by Gasteiger charge is 2.44. The number of benzene rings is 1. The normalized spacial score (nSPS) is 12.0. The molecule has 0 unspecified atom stereocenters. The van der Waals surface area contributed by atoms with Crippen LogP contribution in [0.3, 0.4) is 0 Å². The molecule has 0 bridgehead atoms. The summed E-state index contributed by atoms with van der Waals surface area (Å²) in [6.45, 7) is 6.79. The highest BCUT2D eigenvalue weighted by Crippen LogP contribution is 2.30. The van der Waals surface area contributed by atoms with E-state index in [0.717, 1.165) is 5.56 Å². The topological polar surface area (TPSA) is 75.6 Å². The van der Waals surface area contributed by atoms with Crippen LogP contribution in [0.15, 0.2) is 30.3 Å². The lowest BCUT2D eigenvalue weighted by molar-refractivity contribution is -0.152. The van der Waals surface area contributed by atoms with Gasteiger partial charge in [0.05, 0.1) is 17.6 Å². The SMILES string of the molecule is CC(C)(NC(=O)COCc1ccccc1)C(C)(C)C(=O)O. The zero-order chi connectivity index (χ0) is 16.1. The van der Waals surface area contributed by atoms with Crippen LogP contribution in [-0.2, 0) is 20.9 Å². The van der Waals surface area contributed by atoms with Crippen LogP contribution >= 0.6 is 0 Å². The van der Waals surface area contributed by atoms with Gasteiger partial charge in [-0.15, -0.1) is 0 Å². The summed E-state index contributed by atoms with van der Waals surface area (Å²) in [6, 6.07) is 9.53. The fourth-order valence-corrected chi connectivity index (χ4v) is 1.64. The second kappa shape index (κ2) is 6.72. The summed E-state index contributed by atoms with van der Waals surface area (Å²) in [5, 5.41) is 12.0. The fourth-order valence-electron chi connectivity index (χ4n) is 1.64. The molecule has 0 saturated heterocycles.